The minimum atomic E-state index is -0.253. The SMILES string of the molecule is COc1ccc(C(=O)Nc2cc(C)n(Cc3ccc(Cl)cc3)n2)cc1COc1cc(C)ccc1C. The van der Waals surface area contributed by atoms with Crippen LogP contribution < -0.4 is 14.8 Å². The van der Waals surface area contributed by atoms with E-state index in [-0.39, 0.29) is 12.5 Å². The number of aromatic nitrogens is 2. The van der Waals surface area contributed by atoms with E-state index in [1.165, 1.54) is 0 Å². The number of nitrogens with zero attached hydrogens (tertiary/aromatic N) is 2. The zero-order valence-electron chi connectivity index (χ0n) is 20.3. The molecule has 0 aliphatic rings. The fraction of sp³-hybridized carbons (Fsp3) is 0.214. The quantitative estimate of drug-likeness (QED) is 0.313. The number of aryl methyl sites for hydroxylation is 3. The van der Waals surface area contributed by atoms with Crippen LogP contribution in [0, 0.1) is 20.8 Å². The molecule has 7 heteroatoms. The molecule has 0 saturated heterocycles. The second kappa shape index (κ2) is 10.7. The van der Waals surface area contributed by atoms with Gasteiger partial charge in [0.05, 0.1) is 13.7 Å². The summed E-state index contributed by atoms with van der Waals surface area (Å²) in [5.74, 6) is 1.71. The van der Waals surface area contributed by atoms with Crippen LogP contribution in [-0.2, 0) is 13.2 Å². The predicted molar refractivity (Wildman–Crippen MR) is 139 cm³/mol. The van der Waals surface area contributed by atoms with Gasteiger partial charge < -0.3 is 14.8 Å². The summed E-state index contributed by atoms with van der Waals surface area (Å²) >= 11 is 5.97. The molecule has 1 N–H and O–H groups in total. The van der Waals surface area contributed by atoms with E-state index in [2.05, 4.69) is 10.4 Å². The molecule has 1 aromatic heterocycles. The summed E-state index contributed by atoms with van der Waals surface area (Å²) in [7, 11) is 1.60. The Balaban J connectivity index is 1.47. The van der Waals surface area contributed by atoms with Crippen LogP contribution in [0.2, 0.25) is 5.02 Å². The number of anilines is 1. The summed E-state index contributed by atoms with van der Waals surface area (Å²) in [5.41, 5.74) is 5.46. The van der Waals surface area contributed by atoms with Crippen LogP contribution >= 0.6 is 11.6 Å². The molecule has 0 unspecified atom stereocenters. The second-order valence-corrected chi connectivity index (χ2v) is 8.93. The number of carbonyl (C=O) groups is 1. The first-order valence-electron chi connectivity index (χ1n) is 11.3. The molecule has 1 amide bonds. The molecule has 0 bridgehead atoms. The van der Waals surface area contributed by atoms with Crippen molar-refractivity contribution >= 4 is 23.3 Å². The maximum absolute atomic E-state index is 13.0. The summed E-state index contributed by atoms with van der Waals surface area (Å²) in [5, 5.41) is 8.13. The number of halogens is 1. The van der Waals surface area contributed by atoms with Crippen molar-refractivity contribution in [1.82, 2.24) is 9.78 Å². The summed E-state index contributed by atoms with van der Waals surface area (Å²) in [6.45, 7) is 6.85. The first-order chi connectivity index (χ1) is 16.8. The van der Waals surface area contributed by atoms with Crippen molar-refractivity contribution in [3.05, 3.63) is 105 Å². The van der Waals surface area contributed by atoms with Gasteiger partial charge in [-0.3, -0.25) is 9.48 Å². The van der Waals surface area contributed by atoms with Gasteiger partial charge in [0.25, 0.3) is 5.91 Å². The fourth-order valence-electron chi connectivity index (χ4n) is 3.73. The van der Waals surface area contributed by atoms with Gasteiger partial charge in [0.15, 0.2) is 5.82 Å². The van der Waals surface area contributed by atoms with Crippen molar-refractivity contribution in [2.75, 3.05) is 12.4 Å². The summed E-state index contributed by atoms with van der Waals surface area (Å²) in [4.78, 5) is 13.0. The van der Waals surface area contributed by atoms with E-state index in [1.807, 2.05) is 74.0 Å². The Morgan fingerprint density at radius 1 is 0.971 bits per heavy atom. The minimum absolute atomic E-state index is 0.253. The average molecular weight is 490 g/mol. The summed E-state index contributed by atoms with van der Waals surface area (Å²) in [6.07, 6.45) is 0. The average Bonchev–Trinajstić information content (AvgIpc) is 3.19. The smallest absolute Gasteiger partial charge is 0.256 e. The van der Waals surface area contributed by atoms with E-state index in [0.717, 1.165) is 33.7 Å². The minimum Gasteiger partial charge on any atom is -0.496 e. The Morgan fingerprint density at radius 3 is 2.49 bits per heavy atom. The van der Waals surface area contributed by atoms with Gasteiger partial charge in [-0.25, -0.2) is 0 Å². The third-order valence-electron chi connectivity index (χ3n) is 5.74. The maximum Gasteiger partial charge on any atom is 0.256 e. The number of amides is 1. The maximum atomic E-state index is 13.0. The van der Waals surface area contributed by atoms with Gasteiger partial charge >= 0.3 is 0 Å². The summed E-state index contributed by atoms with van der Waals surface area (Å²) < 4.78 is 13.4. The van der Waals surface area contributed by atoms with Gasteiger partial charge in [0, 0.05) is 27.9 Å². The molecule has 180 valence electrons. The molecule has 35 heavy (non-hydrogen) atoms. The lowest BCUT2D eigenvalue weighted by Gasteiger charge is -2.14. The molecule has 0 atom stereocenters. The topological polar surface area (TPSA) is 65.4 Å². The van der Waals surface area contributed by atoms with Crippen LogP contribution in [0.5, 0.6) is 11.5 Å². The molecule has 4 aromatic rings. The van der Waals surface area contributed by atoms with Crippen molar-refractivity contribution in [2.45, 2.75) is 33.9 Å². The second-order valence-electron chi connectivity index (χ2n) is 8.49. The molecule has 0 saturated carbocycles. The van der Waals surface area contributed by atoms with Crippen molar-refractivity contribution in [3.63, 3.8) is 0 Å². The highest BCUT2D eigenvalue weighted by molar-refractivity contribution is 6.30. The molecular weight excluding hydrogens is 462 g/mol. The van der Waals surface area contributed by atoms with Crippen LogP contribution in [0.3, 0.4) is 0 Å². The number of hydrogen-bond donors (Lipinski definition) is 1. The van der Waals surface area contributed by atoms with Gasteiger partial charge in [-0.1, -0.05) is 35.9 Å². The normalized spacial score (nSPS) is 10.8. The van der Waals surface area contributed by atoms with Gasteiger partial charge in [-0.2, -0.15) is 5.10 Å². The molecule has 0 fully saturated rings. The van der Waals surface area contributed by atoms with Crippen molar-refractivity contribution in [2.24, 2.45) is 0 Å². The molecule has 1 heterocycles. The Bertz CT molecular complexity index is 1350. The zero-order valence-corrected chi connectivity index (χ0v) is 21.0. The van der Waals surface area contributed by atoms with Crippen LogP contribution in [-0.4, -0.2) is 22.8 Å². The van der Waals surface area contributed by atoms with E-state index in [9.17, 15) is 4.79 Å². The van der Waals surface area contributed by atoms with E-state index in [0.29, 0.717) is 28.7 Å². The Labute approximate surface area is 210 Å². The molecule has 0 spiro atoms. The van der Waals surface area contributed by atoms with E-state index in [4.69, 9.17) is 21.1 Å². The first kappa shape index (κ1) is 24.4. The molecule has 0 radical (unpaired) electrons. The number of rotatable bonds is 8. The van der Waals surface area contributed by atoms with Crippen LogP contribution in [0.1, 0.15) is 38.3 Å². The van der Waals surface area contributed by atoms with Crippen LogP contribution in [0.4, 0.5) is 5.82 Å². The lowest BCUT2D eigenvalue weighted by atomic mass is 10.1. The van der Waals surface area contributed by atoms with Gasteiger partial charge in [0.1, 0.15) is 18.1 Å². The van der Waals surface area contributed by atoms with E-state index in [1.54, 1.807) is 25.3 Å². The summed E-state index contributed by atoms with van der Waals surface area (Å²) in [6, 6.07) is 20.8. The highest BCUT2D eigenvalue weighted by atomic mass is 35.5. The Hall–Kier alpha value is -3.77. The number of hydrogen-bond acceptors (Lipinski definition) is 4. The number of nitrogens with one attached hydrogen (secondary N) is 1. The van der Waals surface area contributed by atoms with Crippen molar-refractivity contribution < 1.29 is 14.3 Å². The van der Waals surface area contributed by atoms with E-state index >= 15 is 0 Å². The third-order valence-corrected chi connectivity index (χ3v) is 5.99. The number of ether oxygens (including phenoxy) is 2. The number of methoxy groups -OCH3 is 1. The lowest BCUT2D eigenvalue weighted by molar-refractivity contribution is 0.102. The predicted octanol–water partition coefficient (Wildman–Crippen LogP) is 6.35. The monoisotopic (exact) mass is 489 g/mol. The Morgan fingerprint density at radius 2 is 1.74 bits per heavy atom. The van der Waals surface area contributed by atoms with Crippen LogP contribution in [0.15, 0.2) is 66.7 Å². The molecule has 3 aromatic carbocycles. The van der Waals surface area contributed by atoms with Gasteiger partial charge in [0.2, 0.25) is 0 Å². The number of benzene rings is 3. The standard InChI is InChI=1S/C28H28ClN3O3/c1-18-5-6-19(2)26(13-18)35-17-23-15-22(9-12-25(23)34-4)28(33)30-27-14-20(3)32(31-27)16-21-7-10-24(29)11-8-21/h5-15H,16-17H2,1-4H3,(H,30,31,33). The number of carbonyl (C=O) groups excluding carboxylic acids is 1. The molecule has 4 rings (SSSR count). The Kier molecular flexibility index (Phi) is 7.42. The largest absolute Gasteiger partial charge is 0.496 e. The molecule has 0 aliphatic carbocycles. The zero-order chi connectivity index (χ0) is 24.9. The third kappa shape index (κ3) is 6.03. The highest BCUT2D eigenvalue weighted by Gasteiger charge is 2.14. The molecule has 0 aliphatic heterocycles. The van der Waals surface area contributed by atoms with Crippen LogP contribution in [0.25, 0.3) is 0 Å². The molecular formula is C28H28ClN3O3. The van der Waals surface area contributed by atoms with Crippen molar-refractivity contribution in [1.29, 1.82) is 0 Å². The highest BCUT2D eigenvalue weighted by Crippen LogP contribution is 2.25. The lowest BCUT2D eigenvalue weighted by Crippen LogP contribution is -2.14. The fourth-order valence-corrected chi connectivity index (χ4v) is 3.86. The first-order valence-corrected chi connectivity index (χ1v) is 11.7. The van der Waals surface area contributed by atoms with Crippen molar-refractivity contribution in [3.8, 4) is 11.5 Å². The van der Waals surface area contributed by atoms with Gasteiger partial charge in [-0.15, -0.1) is 0 Å². The molecule has 6 nitrogen and oxygen atoms in total. The van der Waals surface area contributed by atoms with Gasteiger partial charge in [-0.05, 0) is 73.9 Å². The van der Waals surface area contributed by atoms with E-state index < -0.39 is 0 Å².